The van der Waals surface area contributed by atoms with Crippen molar-refractivity contribution in [1.82, 2.24) is 9.97 Å². The van der Waals surface area contributed by atoms with Crippen LogP contribution in [-0.4, -0.2) is 32.1 Å². The van der Waals surface area contributed by atoms with Gasteiger partial charge in [-0.25, -0.2) is 19.6 Å². The van der Waals surface area contributed by atoms with Crippen molar-refractivity contribution in [3.63, 3.8) is 0 Å². The normalized spacial score (nSPS) is 11.5. The predicted molar refractivity (Wildman–Crippen MR) is 150 cm³/mol. The van der Waals surface area contributed by atoms with Gasteiger partial charge in [0.2, 0.25) is 0 Å². The van der Waals surface area contributed by atoms with E-state index in [0.29, 0.717) is 22.4 Å². The number of rotatable bonds is 5. The topological polar surface area (TPSA) is 104 Å². The highest BCUT2D eigenvalue weighted by Gasteiger charge is 2.28. The van der Waals surface area contributed by atoms with Gasteiger partial charge in [-0.05, 0) is 48.5 Å². The van der Waals surface area contributed by atoms with Crippen LogP contribution in [0.25, 0.3) is 44.3 Å². The van der Waals surface area contributed by atoms with Crippen LogP contribution in [0.5, 0.6) is 0 Å². The van der Waals surface area contributed by atoms with Gasteiger partial charge in [0.25, 0.3) is 0 Å². The van der Waals surface area contributed by atoms with Crippen molar-refractivity contribution >= 4 is 50.8 Å². The van der Waals surface area contributed by atoms with Crippen molar-refractivity contribution in [2.45, 2.75) is 0 Å². The molecule has 1 aliphatic carbocycles. The van der Waals surface area contributed by atoms with Crippen LogP contribution in [-0.2, 0) is 0 Å². The molecule has 5 aromatic carbocycles. The predicted octanol–water partition coefficient (Wildman–Crippen LogP) is 7.30. The lowest BCUT2D eigenvalue weighted by atomic mass is 10.0. The smallest absolute Gasteiger partial charge is 0.336 e. The first kappa shape index (κ1) is 22.6. The number of carboxylic acids is 2. The molecular formula is C32H19N3O4. The number of carboxylic acid groups (broad SMARTS) is 2. The molecule has 6 aromatic rings. The quantitative estimate of drug-likeness (QED) is 0.251. The van der Waals surface area contributed by atoms with Crippen LogP contribution in [0.15, 0.2) is 103 Å². The van der Waals surface area contributed by atoms with Gasteiger partial charge in [0.15, 0.2) is 0 Å². The van der Waals surface area contributed by atoms with Crippen LogP contribution >= 0.6 is 0 Å². The Morgan fingerprint density at radius 2 is 1.10 bits per heavy atom. The lowest BCUT2D eigenvalue weighted by Crippen LogP contribution is -2.10. The fourth-order valence-corrected chi connectivity index (χ4v) is 5.39. The lowest BCUT2D eigenvalue weighted by Gasteiger charge is -2.27. The fraction of sp³-hybridized carbons (Fsp3) is 0. The molecule has 186 valence electrons. The number of hydrogen-bond donors (Lipinski definition) is 2. The number of carbonyl (C=O) groups is 2. The lowest BCUT2D eigenvalue weighted by molar-refractivity contribution is 0.0652. The fourth-order valence-electron chi connectivity index (χ4n) is 5.39. The van der Waals surface area contributed by atoms with Gasteiger partial charge in [-0.3, -0.25) is 0 Å². The largest absolute Gasteiger partial charge is 0.478 e. The summed E-state index contributed by atoms with van der Waals surface area (Å²) in [5.41, 5.74) is 6.13. The highest BCUT2D eigenvalue weighted by Crippen LogP contribution is 2.50. The minimum atomic E-state index is -1.33. The minimum Gasteiger partial charge on any atom is -0.478 e. The molecule has 39 heavy (non-hydrogen) atoms. The van der Waals surface area contributed by atoms with E-state index in [1.54, 1.807) is 0 Å². The van der Waals surface area contributed by atoms with E-state index in [0.717, 1.165) is 39.0 Å². The standard InChI is InChI=1S/C32H19N3O4/c36-31(37)23-16-25-26(17-24(23)32(38)39)34-30-22-14-15-27(20-12-7-13-21(28(20)22)29(30)33-25)35(18-8-3-1-4-9-18)19-10-5-2-6-11-19/h1-17H,(H,36,37)(H,38,39). The number of fused-ring (bicyclic) bond motifs is 4. The van der Waals surface area contributed by atoms with E-state index in [1.165, 1.54) is 12.1 Å². The molecule has 7 rings (SSSR count). The molecule has 0 atom stereocenters. The Labute approximate surface area is 222 Å². The van der Waals surface area contributed by atoms with E-state index in [9.17, 15) is 19.8 Å². The number of benzene rings is 5. The molecule has 1 heterocycles. The summed E-state index contributed by atoms with van der Waals surface area (Å²) in [6.45, 7) is 0. The molecule has 1 aromatic heterocycles. The van der Waals surface area contributed by atoms with E-state index in [2.05, 4.69) is 41.3 Å². The van der Waals surface area contributed by atoms with Crippen molar-refractivity contribution in [2.75, 3.05) is 4.90 Å². The molecule has 0 spiro atoms. The molecule has 2 N–H and O–H groups in total. The molecule has 0 fully saturated rings. The minimum absolute atomic E-state index is 0.318. The third-order valence-corrected chi connectivity index (χ3v) is 7.06. The Balaban J connectivity index is 1.49. The molecule has 7 heteroatoms. The molecule has 7 nitrogen and oxygen atoms in total. The number of anilines is 3. The first-order valence-corrected chi connectivity index (χ1v) is 12.3. The van der Waals surface area contributed by atoms with Crippen molar-refractivity contribution in [3.05, 3.63) is 114 Å². The summed E-state index contributed by atoms with van der Waals surface area (Å²) in [4.78, 5) is 35.3. The molecule has 0 unspecified atom stereocenters. The molecule has 0 amide bonds. The van der Waals surface area contributed by atoms with Gasteiger partial charge < -0.3 is 15.1 Å². The Bertz CT molecular complexity index is 1870. The summed E-state index contributed by atoms with van der Waals surface area (Å²) < 4.78 is 0. The third-order valence-electron chi connectivity index (χ3n) is 7.06. The van der Waals surface area contributed by atoms with Crippen molar-refractivity contribution in [2.24, 2.45) is 0 Å². The zero-order valence-corrected chi connectivity index (χ0v) is 20.4. The maximum atomic E-state index is 11.8. The highest BCUT2D eigenvalue weighted by atomic mass is 16.4. The zero-order valence-electron chi connectivity index (χ0n) is 20.4. The molecular weight excluding hydrogens is 490 g/mol. The summed E-state index contributed by atoms with van der Waals surface area (Å²) in [7, 11) is 0. The second-order valence-corrected chi connectivity index (χ2v) is 9.28. The highest BCUT2D eigenvalue weighted by molar-refractivity contribution is 6.18. The summed E-state index contributed by atoms with van der Waals surface area (Å²) in [6, 6.07) is 33.0. The maximum absolute atomic E-state index is 11.8. The Kier molecular flexibility index (Phi) is 4.93. The van der Waals surface area contributed by atoms with Crippen LogP contribution in [0.4, 0.5) is 17.1 Å². The van der Waals surface area contributed by atoms with Crippen molar-refractivity contribution < 1.29 is 19.8 Å². The Morgan fingerprint density at radius 3 is 1.62 bits per heavy atom. The van der Waals surface area contributed by atoms with Gasteiger partial charge in [0, 0.05) is 33.3 Å². The second kappa shape index (κ2) is 8.49. The molecule has 0 radical (unpaired) electrons. The maximum Gasteiger partial charge on any atom is 0.336 e. The van der Waals surface area contributed by atoms with E-state index >= 15 is 0 Å². The van der Waals surface area contributed by atoms with Crippen LogP contribution in [0.2, 0.25) is 0 Å². The molecule has 0 bridgehead atoms. The second-order valence-electron chi connectivity index (χ2n) is 9.28. The van der Waals surface area contributed by atoms with Gasteiger partial charge in [0.05, 0.1) is 39.2 Å². The average Bonchev–Trinajstić information content (AvgIpc) is 3.27. The number of nitrogens with zero attached hydrogens (tertiary/aromatic N) is 3. The first-order chi connectivity index (χ1) is 19.0. The number of para-hydroxylation sites is 2. The number of aromatic nitrogens is 2. The Morgan fingerprint density at radius 1 is 0.590 bits per heavy atom. The van der Waals surface area contributed by atoms with E-state index < -0.39 is 11.9 Å². The van der Waals surface area contributed by atoms with Crippen LogP contribution in [0, 0.1) is 0 Å². The van der Waals surface area contributed by atoms with Gasteiger partial charge >= 0.3 is 11.9 Å². The van der Waals surface area contributed by atoms with E-state index in [-0.39, 0.29) is 11.1 Å². The summed E-state index contributed by atoms with van der Waals surface area (Å²) in [5, 5.41) is 21.2. The van der Waals surface area contributed by atoms with Crippen LogP contribution in [0.1, 0.15) is 20.7 Å². The molecule has 0 saturated heterocycles. The average molecular weight is 510 g/mol. The SMILES string of the molecule is O=C(O)c1cc2nc3c(nc2cc1C(=O)O)-c1ccc(N(c2ccccc2)c2ccccc2)c2cccc-3c12. The first-order valence-electron chi connectivity index (χ1n) is 12.3. The van der Waals surface area contributed by atoms with Crippen LogP contribution < -0.4 is 4.90 Å². The van der Waals surface area contributed by atoms with Gasteiger partial charge in [0.1, 0.15) is 0 Å². The molecule has 0 saturated carbocycles. The number of aromatic carboxylic acids is 2. The van der Waals surface area contributed by atoms with Crippen molar-refractivity contribution in [1.29, 1.82) is 0 Å². The monoisotopic (exact) mass is 509 g/mol. The van der Waals surface area contributed by atoms with Crippen LogP contribution in [0.3, 0.4) is 0 Å². The van der Waals surface area contributed by atoms with Gasteiger partial charge in [-0.1, -0.05) is 54.6 Å². The third kappa shape index (κ3) is 3.44. The molecule has 1 aliphatic rings. The van der Waals surface area contributed by atoms with E-state index in [1.807, 2.05) is 54.6 Å². The number of hydrogen-bond acceptors (Lipinski definition) is 5. The zero-order chi connectivity index (χ0) is 26.7. The Hall–Kier alpha value is -5.56. The van der Waals surface area contributed by atoms with E-state index in [4.69, 9.17) is 9.97 Å². The summed E-state index contributed by atoms with van der Waals surface area (Å²) in [5.74, 6) is -2.65. The molecule has 0 aliphatic heterocycles. The van der Waals surface area contributed by atoms with Crippen molar-refractivity contribution in [3.8, 4) is 22.5 Å². The summed E-state index contributed by atoms with van der Waals surface area (Å²) >= 11 is 0. The van der Waals surface area contributed by atoms with Gasteiger partial charge in [-0.15, -0.1) is 0 Å². The summed E-state index contributed by atoms with van der Waals surface area (Å²) in [6.07, 6.45) is 0. The van der Waals surface area contributed by atoms with Gasteiger partial charge in [-0.2, -0.15) is 0 Å².